The van der Waals surface area contributed by atoms with E-state index < -0.39 is 0 Å². The van der Waals surface area contributed by atoms with E-state index >= 15 is 0 Å². The van der Waals surface area contributed by atoms with E-state index in [4.69, 9.17) is 0 Å². The Kier molecular flexibility index (Phi) is 4.93. The molecule has 0 saturated carbocycles. The van der Waals surface area contributed by atoms with Crippen molar-refractivity contribution in [3.8, 4) is 0 Å². The maximum atomic E-state index is 13.1. The maximum absolute atomic E-state index is 13.1. The molecule has 1 fully saturated rings. The highest BCUT2D eigenvalue weighted by atomic mass is 32.1. The second kappa shape index (κ2) is 7.67. The molecule has 7 nitrogen and oxygen atoms in total. The van der Waals surface area contributed by atoms with Crippen LogP contribution in [0.2, 0.25) is 0 Å². The molecule has 4 rings (SSSR count). The van der Waals surface area contributed by atoms with Crippen molar-refractivity contribution in [3.05, 3.63) is 59.6 Å². The lowest BCUT2D eigenvalue weighted by Crippen LogP contribution is -2.48. The molecule has 0 aliphatic carbocycles. The SMILES string of the molecule is O=C(c1csc(Nc2ncccn2)n1)N1CCN(c2ccc(F)cc2)CC1. The van der Waals surface area contributed by atoms with Gasteiger partial charge in [0.25, 0.3) is 5.91 Å². The van der Waals surface area contributed by atoms with Crippen molar-refractivity contribution in [2.75, 3.05) is 36.4 Å². The predicted molar refractivity (Wildman–Crippen MR) is 102 cm³/mol. The van der Waals surface area contributed by atoms with E-state index in [2.05, 4.69) is 25.2 Å². The minimum absolute atomic E-state index is 0.0907. The average Bonchev–Trinajstić information content (AvgIpc) is 3.17. The van der Waals surface area contributed by atoms with Gasteiger partial charge < -0.3 is 15.1 Å². The first-order valence-electron chi connectivity index (χ1n) is 8.48. The summed E-state index contributed by atoms with van der Waals surface area (Å²) in [6, 6.07) is 8.15. The van der Waals surface area contributed by atoms with Gasteiger partial charge in [0.1, 0.15) is 11.5 Å². The van der Waals surface area contributed by atoms with Crippen LogP contribution in [0.15, 0.2) is 48.1 Å². The zero-order valence-electron chi connectivity index (χ0n) is 14.4. The lowest BCUT2D eigenvalue weighted by Gasteiger charge is -2.35. The fourth-order valence-corrected chi connectivity index (χ4v) is 3.55. The lowest BCUT2D eigenvalue weighted by molar-refractivity contribution is 0.0742. The minimum atomic E-state index is -0.249. The van der Waals surface area contributed by atoms with Crippen LogP contribution in [0, 0.1) is 5.82 Å². The van der Waals surface area contributed by atoms with Crippen molar-refractivity contribution in [1.82, 2.24) is 19.9 Å². The van der Waals surface area contributed by atoms with E-state index in [1.54, 1.807) is 40.9 Å². The number of thiazole rings is 1. The molecule has 1 aliphatic rings. The van der Waals surface area contributed by atoms with E-state index in [-0.39, 0.29) is 11.7 Å². The number of anilines is 3. The summed E-state index contributed by atoms with van der Waals surface area (Å²) in [6.45, 7) is 2.59. The Balaban J connectivity index is 1.36. The first-order valence-corrected chi connectivity index (χ1v) is 9.36. The molecule has 0 unspecified atom stereocenters. The molecule has 1 amide bonds. The number of benzene rings is 1. The van der Waals surface area contributed by atoms with E-state index in [1.807, 2.05) is 0 Å². The van der Waals surface area contributed by atoms with Crippen molar-refractivity contribution in [2.45, 2.75) is 0 Å². The third-order valence-electron chi connectivity index (χ3n) is 4.27. The first kappa shape index (κ1) is 17.3. The molecule has 1 saturated heterocycles. The van der Waals surface area contributed by atoms with Crippen LogP contribution in [0.25, 0.3) is 0 Å². The van der Waals surface area contributed by atoms with E-state index in [1.165, 1.54) is 23.5 Å². The summed E-state index contributed by atoms with van der Waals surface area (Å²) in [5, 5.41) is 5.31. The fourth-order valence-electron chi connectivity index (χ4n) is 2.87. The van der Waals surface area contributed by atoms with Crippen LogP contribution in [0.3, 0.4) is 0 Å². The van der Waals surface area contributed by atoms with Crippen molar-refractivity contribution < 1.29 is 9.18 Å². The Morgan fingerprint density at radius 2 is 1.78 bits per heavy atom. The molecule has 138 valence electrons. The van der Waals surface area contributed by atoms with Gasteiger partial charge in [0.05, 0.1) is 0 Å². The number of piperazine rings is 1. The van der Waals surface area contributed by atoms with Crippen LogP contribution >= 0.6 is 11.3 Å². The highest BCUT2D eigenvalue weighted by Crippen LogP contribution is 2.21. The summed E-state index contributed by atoms with van der Waals surface area (Å²) in [5.74, 6) is 0.104. The normalized spacial score (nSPS) is 14.3. The molecule has 1 aromatic carbocycles. The number of carbonyl (C=O) groups is 1. The molecule has 0 radical (unpaired) electrons. The number of halogens is 1. The summed E-state index contributed by atoms with van der Waals surface area (Å²) >= 11 is 1.34. The highest BCUT2D eigenvalue weighted by Gasteiger charge is 2.24. The summed E-state index contributed by atoms with van der Waals surface area (Å²) in [6.07, 6.45) is 3.27. The number of nitrogens with zero attached hydrogens (tertiary/aromatic N) is 5. The van der Waals surface area contributed by atoms with Gasteiger partial charge in [-0.05, 0) is 30.3 Å². The summed E-state index contributed by atoms with van der Waals surface area (Å²) in [7, 11) is 0. The fraction of sp³-hybridized carbons (Fsp3) is 0.222. The quantitative estimate of drug-likeness (QED) is 0.746. The first-order chi connectivity index (χ1) is 13.2. The number of rotatable bonds is 4. The van der Waals surface area contributed by atoms with E-state index in [0.717, 1.165) is 5.69 Å². The number of hydrogen-bond donors (Lipinski definition) is 1. The predicted octanol–water partition coefficient (Wildman–Crippen LogP) is 2.78. The third-order valence-corrected chi connectivity index (χ3v) is 5.02. The maximum Gasteiger partial charge on any atom is 0.273 e. The van der Waals surface area contributed by atoms with Crippen LogP contribution in [0.1, 0.15) is 10.5 Å². The Morgan fingerprint density at radius 3 is 2.48 bits per heavy atom. The Labute approximate surface area is 159 Å². The molecule has 0 spiro atoms. The molecule has 0 bridgehead atoms. The van der Waals surface area contributed by atoms with Crippen molar-refractivity contribution in [3.63, 3.8) is 0 Å². The van der Waals surface area contributed by atoms with Crippen LogP contribution in [0.4, 0.5) is 21.2 Å². The van der Waals surface area contributed by atoms with E-state index in [0.29, 0.717) is 43.0 Å². The largest absolute Gasteiger partial charge is 0.368 e. The third kappa shape index (κ3) is 4.03. The number of amides is 1. The molecule has 3 aromatic rings. The molecule has 1 N–H and O–H groups in total. The molecule has 2 aromatic heterocycles. The molecule has 27 heavy (non-hydrogen) atoms. The molecular weight excluding hydrogens is 367 g/mol. The monoisotopic (exact) mass is 384 g/mol. The van der Waals surface area contributed by atoms with Crippen LogP contribution < -0.4 is 10.2 Å². The second-order valence-electron chi connectivity index (χ2n) is 5.99. The Hall–Kier alpha value is -3.07. The zero-order valence-corrected chi connectivity index (χ0v) is 15.2. The average molecular weight is 384 g/mol. The number of nitrogens with one attached hydrogen (secondary N) is 1. The van der Waals surface area contributed by atoms with Crippen molar-refractivity contribution in [2.24, 2.45) is 0 Å². The number of aromatic nitrogens is 3. The minimum Gasteiger partial charge on any atom is -0.368 e. The topological polar surface area (TPSA) is 74.2 Å². The highest BCUT2D eigenvalue weighted by molar-refractivity contribution is 7.14. The van der Waals surface area contributed by atoms with Crippen LogP contribution in [-0.4, -0.2) is 51.9 Å². The van der Waals surface area contributed by atoms with Gasteiger partial charge in [0.15, 0.2) is 5.13 Å². The standard InChI is InChI=1S/C18H17FN6OS/c19-13-2-4-14(5-3-13)24-8-10-25(11-9-24)16(26)15-12-27-18(22-15)23-17-20-6-1-7-21-17/h1-7,12H,8-11H2,(H,20,21,22,23). The molecule has 1 aliphatic heterocycles. The van der Waals surface area contributed by atoms with Gasteiger partial charge in [-0.3, -0.25) is 4.79 Å². The summed E-state index contributed by atoms with van der Waals surface area (Å²) in [5.41, 5.74) is 1.38. The molecule has 9 heteroatoms. The van der Waals surface area contributed by atoms with Gasteiger partial charge in [0, 0.05) is 49.6 Å². The Morgan fingerprint density at radius 1 is 1.07 bits per heavy atom. The van der Waals surface area contributed by atoms with Gasteiger partial charge in [-0.15, -0.1) is 11.3 Å². The number of carbonyl (C=O) groups excluding carboxylic acids is 1. The van der Waals surface area contributed by atoms with Gasteiger partial charge in [-0.1, -0.05) is 0 Å². The van der Waals surface area contributed by atoms with Crippen molar-refractivity contribution in [1.29, 1.82) is 0 Å². The van der Waals surface area contributed by atoms with Gasteiger partial charge in [-0.2, -0.15) is 0 Å². The van der Waals surface area contributed by atoms with E-state index in [9.17, 15) is 9.18 Å². The zero-order chi connectivity index (χ0) is 18.6. The Bertz CT molecular complexity index is 909. The summed E-state index contributed by atoms with van der Waals surface area (Å²) in [4.78, 5) is 29.1. The van der Waals surface area contributed by atoms with Crippen LogP contribution in [0.5, 0.6) is 0 Å². The second-order valence-corrected chi connectivity index (χ2v) is 6.85. The van der Waals surface area contributed by atoms with Gasteiger partial charge in [0.2, 0.25) is 5.95 Å². The van der Waals surface area contributed by atoms with Crippen LogP contribution in [-0.2, 0) is 0 Å². The molecule has 0 atom stereocenters. The van der Waals surface area contributed by atoms with Gasteiger partial charge in [-0.25, -0.2) is 19.3 Å². The molecule has 3 heterocycles. The smallest absolute Gasteiger partial charge is 0.273 e. The summed E-state index contributed by atoms with van der Waals surface area (Å²) < 4.78 is 13.1. The van der Waals surface area contributed by atoms with Crippen molar-refractivity contribution >= 4 is 34.0 Å². The van der Waals surface area contributed by atoms with Gasteiger partial charge >= 0.3 is 0 Å². The molecular formula is C18H17FN6OS. The lowest BCUT2D eigenvalue weighted by atomic mass is 10.2. The number of hydrogen-bond acceptors (Lipinski definition) is 7.